The molecule has 0 aromatic carbocycles. The Bertz CT molecular complexity index is 706. The highest BCUT2D eigenvalue weighted by atomic mass is 79.9. The highest BCUT2D eigenvalue weighted by molar-refractivity contribution is 9.10. The normalized spacial score (nSPS) is 21.9. The molecule has 0 unspecified atom stereocenters. The first-order valence-electron chi connectivity index (χ1n) is 6.04. The van der Waals surface area contributed by atoms with Gasteiger partial charge in [0.05, 0.1) is 4.60 Å². The minimum absolute atomic E-state index is 0.0786. The number of nitrogens with zero attached hydrogens (tertiary/aromatic N) is 1. The van der Waals surface area contributed by atoms with Crippen molar-refractivity contribution in [2.75, 3.05) is 6.54 Å². The third-order valence-electron chi connectivity index (χ3n) is 3.37. The molecule has 5 N–H and O–H groups in total. The van der Waals surface area contributed by atoms with Crippen molar-refractivity contribution in [1.82, 2.24) is 15.6 Å². The van der Waals surface area contributed by atoms with Crippen molar-refractivity contribution in [3.8, 4) is 0 Å². The van der Waals surface area contributed by atoms with Crippen LogP contribution < -0.4 is 21.8 Å². The minimum Gasteiger partial charge on any atom is -0.369 e. The van der Waals surface area contributed by atoms with E-state index in [2.05, 4.69) is 36.5 Å². The Balaban J connectivity index is 2.24. The number of rotatable bonds is 0. The summed E-state index contributed by atoms with van der Waals surface area (Å²) >= 11 is 3.38. The van der Waals surface area contributed by atoms with Crippen molar-refractivity contribution in [1.29, 1.82) is 0 Å². The highest BCUT2D eigenvalue weighted by Crippen LogP contribution is 2.28. The molecule has 20 heavy (non-hydrogen) atoms. The van der Waals surface area contributed by atoms with Crippen LogP contribution in [0.15, 0.2) is 15.3 Å². The second kappa shape index (κ2) is 4.52. The summed E-state index contributed by atoms with van der Waals surface area (Å²) in [7, 11) is 1.88. The molecular formula is C11H11BBrN5O2. The summed E-state index contributed by atoms with van der Waals surface area (Å²) < 4.78 is 0.719. The van der Waals surface area contributed by atoms with Gasteiger partial charge in [-0.25, -0.2) is 0 Å². The SMILES string of the molecule is Bc1c(Br)[nH]c2c1/C(=C1/NC(N)=NC1=O)CCNC2=O. The summed E-state index contributed by atoms with van der Waals surface area (Å²) in [5.74, 6) is -0.520. The standard InChI is InChI=1S/C11H11BBrN5O2/c12-5-4-3(6-10(20)18-11(14)17-6)1-2-15-9(19)7(4)16-8(5)13/h16H,1-2,12H2,(H,15,19)(H3,14,17,18,20)/b6-3+. The Morgan fingerprint density at radius 1 is 1.35 bits per heavy atom. The lowest BCUT2D eigenvalue weighted by atomic mass is 9.87. The van der Waals surface area contributed by atoms with Crippen molar-refractivity contribution in [3.63, 3.8) is 0 Å². The average molecular weight is 336 g/mol. The van der Waals surface area contributed by atoms with Crippen molar-refractivity contribution < 1.29 is 9.59 Å². The van der Waals surface area contributed by atoms with Crippen LogP contribution in [0.5, 0.6) is 0 Å². The van der Waals surface area contributed by atoms with E-state index < -0.39 is 5.91 Å². The number of amides is 2. The third kappa shape index (κ3) is 1.85. The van der Waals surface area contributed by atoms with Crippen LogP contribution in [0, 0.1) is 0 Å². The molecule has 7 nitrogen and oxygen atoms in total. The number of H-pyrrole nitrogens is 1. The van der Waals surface area contributed by atoms with Gasteiger partial charge in [0, 0.05) is 12.1 Å². The van der Waals surface area contributed by atoms with Crippen LogP contribution in [0.4, 0.5) is 0 Å². The van der Waals surface area contributed by atoms with E-state index >= 15 is 0 Å². The smallest absolute Gasteiger partial charge is 0.296 e. The van der Waals surface area contributed by atoms with Crippen molar-refractivity contribution in [2.24, 2.45) is 10.7 Å². The molecule has 9 heteroatoms. The highest BCUT2D eigenvalue weighted by Gasteiger charge is 2.30. The fourth-order valence-corrected chi connectivity index (χ4v) is 2.85. The van der Waals surface area contributed by atoms with Gasteiger partial charge in [0.15, 0.2) is 0 Å². The number of hydrogen-bond acceptors (Lipinski definition) is 4. The maximum absolute atomic E-state index is 12.0. The molecule has 2 amide bonds. The lowest BCUT2D eigenvalue weighted by Crippen LogP contribution is -2.27. The number of hydrogen-bond donors (Lipinski definition) is 4. The number of fused-ring (bicyclic) bond motifs is 1. The van der Waals surface area contributed by atoms with Gasteiger partial charge in [0.2, 0.25) is 5.96 Å². The van der Waals surface area contributed by atoms with Crippen LogP contribution in [-0.2, 0) is 4.79 Å². The summed E-state index contributed by atoms with van der Waals surface area (Å²) in [5.41, 5.74) is 8.66. The zero-order valence-corrected chi connectivity index (χ0v) is 12.2. The van der Waals surface area contributed by atoms with Crippen LogP contribution in [0.3, 0.4) is 0 Å². The van der Waals surface area contributed by atoms with Crippen LogP contribution in [0.25, 0.3) is 5.57 Å². The van der Waals surface area contributed by atoms with E-state index in [9.17, 15) is 9.59 Å². The Morgan fingerprint density at radius 2 is 2.10 bits per heavy atom. The number of aromatic nitrogens is 1. The summed E-state index contributed by atoms with van der Waals surface area (Å²) in [5, 5.41) is 5.57. The Kier molecular flexibility index (Phi) is 2.93. The topological polar surface area (TPSA) is 112 Å². The lowest BCUT2D eigenvalue weighted by molar-refractivity contribution is -0.114. The number of carbonyl (C=O) groups excluding carboxylic acids is 2. The first-order valence-corrected chi connectivity index (χ1v) is 6.83. The second-order valence-corrected chi connectivity index (χ2v) is 5.39. The van der Waals surface area contributed by atoms with Crippen LogP contribution in [0.1, 0.15) is 22.5 Å². The molecule has 2 aliphatic heterocycles. The van der Waals surface area contributed by atoms with E-state index in [1.54, 1.807) is 0 Å². The zero-order valence-electron chi connectivity index (χ0n) is 10.6. The average Bonchev–Trinajstić information content (AvgIpc) is 2.81. The van der Waals surface area contributed by atoms with Gasteiger partial charge in [-0.2, -0.15) is 4.99 Å². The van der Waals surface area contributed by atoms with Crippen LogP contribution >= 0.6 is 15.9 Å². The summed E-state index contributed by atoms with van der Waals surface area (Å²) in [6.07, 6.45) is 0.529. The largest absolute Gasteiger partial charge is 0.369 e. The molecule has 0 saturated carbocycles. The Labute approximate surface area is 123 Å². The zero-order chi connectivity index (χ0) is 14.4. The molecule has 3 heterocycles. The van der Waals surface area contributed by atoms with E-state index in [-0.39, 0.29) is 11.9 Å². The molecule has 0 atom stereocenters. The van der Waals surface area contributed by atoms with E-state index in [0.29, 0.717) is 24.4 Å². The maximum Gasteiger partial charge on any atom is 0.296 e. The molecule has 0 radical (unpaired) electrons. The fraction of sp³-hybridized carbons (Fsp3) is 0.182. The van der Waals surface area contributed by atoms with E-state index in [1.165, 1.54) is 0 Å². The molecule has 0 bridgehead atoms. The van der Waals surface area contributed by atoms with Gasteiger partial charge in [0.25, 0.3) is 11.8 Å². The molecule has 0 saturated heterocycles. The molecule has 0 aliphatic carbocycles. The van der Waals surface area contributed by atoms with Gasteiger partial charge in [-0.1, -0.05) is 0 Å². The number of aromatic amines is 1. The van der Waals surface area contributed by atoms with Gasteiger partial charge < -0.3 is 21.4 Å². The molecule has 0 spiro atoms. The van der Waals surface area contributed by atoms with Crippen molar-refractivity contribution >= 4 is 52.6 Å². The molecule has 102 valence electrons. The molecule has 1 aromatic rings. The van der Waals surface area contributed by atoms with Gasteiger partial charge in [-0.05, 0) is 33.4 Å². The summed E-state index contributed by atoms with van der Waals surface area (Å²) in [6.45, 7) is 0.451. The Morgan fingerprint density at radius 3 is 2.75 bits per heavy atom. The van der Waals surface area contributed by atoms with Crippen molar-refractivity contribution in [2.45, 2.75) is 6.42 Å². The molecule has 0 fully saturated rings. The molecule has 1 aromatic heterocycles. The number of aliphatic imine (C=N–C) groups is 1. The number of nitrogens with one attached hydrogen (secondary N) is 3. The van der Waals surface area contributed by atoms with Gasteiger partial charge >= 0.3 is 0 Å². The van der Waals surface area contributed by atoms with Gasteiger partial charge in [0.1, 0.15) is 19.2 Å². The molecule has 3 rings (SSSR count). The minimum atomic E-state index is -0.408. The molecule has 2 aliphatic rings. The predicted octanol–water partition coefficient (Wildman–Crippen LogP) is -1.68. The second-order valence-electron chi connectivity index (χ2n) is 4.60. The Hall–Kier alpha value is -2.03. The van der Waals surface area contributed by atoms with Crippen molar-refractivity contribution in [3.05, 3.63) is 21.6 Å². The quantitative estimate of drug-likeness (QED) is 0.335. The van der Waals surface area contributed by atoms with Crippen LogP contribution in [-0.4, -0.2) is 37.1 Å². The summed E-state index contributed by atoms with van der Waals surface area (Å²) in [6, 6.07) is 0. The van der Waals surface area contributed by atoms with Gasteiger partial charge in [-0.15, -0.1) is 0 Å². The predicted molar refractivity (Wildman–Crippen MR) is 80.3 cm³/mol. The van der Waals surface area contributed by atoms with Gasteiger partial charge in [-0.3, -0.25) is 9.59 Å². The lowest BCUT2D eigenvalue weighted by Gasteiger charge is -2.09. The number of halogens is 1. The molecular weight excluding hydrogens is 325 g/mol. The summed E-state index contributed by atoms with van der Waals surface area (Å²) in [4.78, 5) is 30.6. The van der Waals surface area contributed by atoms with E-state index in [1.807, 2.05) is 7.85 Å². The maximum atomic E-state index is 12.0. The number of carbonyl (C=O) groups is 2. The van der Waals surface area contributed by atoms with E-state index in [0.717, 1.165) is 21.2 Å². The first kappa shape index (κ1) is 13.0. The monoisotopic (exact) mass is 335 g/mol. The fourth-order valence-electron chi connectivity index (χ4n) is 2.45. The van der Waals surface area contributed by atoms with Crippen LogP contribution in [0.2, 0.25) is 0 Å². The third-order valence-corrected chi connectivity index (χ3v) is 4.16. The van der Waals surface area contributed by atoms with E-state index in [4.69, 9.17) is 5.73 Å². The first-order chi connectivity index (χ1) is 9.49. The number of guanidine groups is 1. The number of nitrogens with two attached hydrogens (primary N) is 1.